The zero-order valence-electron chi connectivity index (χ0n) is 19.0. The third-order valence-corrected chi connectivity index (χ3v) is 4.71. The lowest BCUT2D eigenvalue weighted by Gasteiger charge is -2.33. The van der Waals surface area contributed by atoms with E-state index in [1.165, 1.54) is 0 Å². The largest absolute Gasteiger partial charge is 0.352 e. The van der Waals surface area contributed by atoms with Gasteiger partial charge in [0.15, 0.2) is 12.6 Å². The van der Waals surface area contributed by atoms with Crippen molar-refractivity contribution in [2.75, 3.05) is 26.4 Å². The number of hydrogen-bond donors (Lipinski definition) is 0. The second-order valence-corrected chi connectivity index (χ2v) is 7.44. The standard InChI is InChI=1S/C23H48O4/c1-6-11-16-21(22(24-17-12-7-2)25-18-13-8-3)23(26-19-14-9-4)27-20-15-10-5/h21-23H,6-20H2,1-5H3. The van der Waals surface area contributed by atoms with Gasteiger partial charge in [0.05, 0.1) is 5.92 Å². The van der Waals surface area contributed by atoms with E-state index in [9.17, 15) is 0 Å². The van der Waals surface area contributed by atoms with Crippen LogP contribution in [0.5, 0.6) is 0 Å². The first-order valence-corrected chi connectivity index (χ1v) is 11.7. The lowest BCUT2D eigenvalue weighted by atomic mass is 10.00. The summed E-state index contributed by atoms with van der Waals surface area (Å²) in [6.07, 6.45) is 11.6. The van der Waals surface area contributed by atoms with Crippen LogP contribution in [0.1, 0.15) is 105 Å². The van der Waals surface area contributed by atoms with Crippen molar-refractivity contribution in [3.8, 4) is 0 Å². The summed E-state index contributed by atoms with van der Waals surface area (Å²) in [6.45, 7) is 14.0. The van der Waals surface area contributed by atoms with Crippen LogP contribution in [0.15, 0.2) is 0 Å². The molecule has 0 rings (SSSR count). The predicted octanol–water partition coefficient (Wildman–Crippen LogP) is 6.71. The van der Waals surface area contributed by atoms with E-state index in [-0.39, 0.29) is 18.5 Å². The van der Waals surface area contributed by atoms with E-state index >= 15 is 0 Å². The maximum Gasteiger partial charge on any atom is 0.165 e. The molecule has 0 radical (unpaired) electrons. The third kappa shape index (κ3) is 14.5. The van der Waals surface area contributed by atoms with E-state index < -0.39 is 0 Å². The molecule has 0 N–H and O–H groups in total. The lowest BCUT2D eigenvalue weighted by Crippen LogP contribution is -2.40. The van der Waals surface area contributed by atoms with Gasteiger partial charge in [-0.3, -0.25) is 0 Å². The Labute approximate surface area is 169 Å². The summed E-state index contributed by atoms with van der Waals surface area (Å²) in [4.78, 5) is 0. The van der Waals surface area contributed by atoms with Crippen LogP contribution in [0.3, 0.4) is 0 Å². The molecule has 4 nitrogen and oxygen atoms in total. The molecule has 164 valence electrons. The van der Waals surface area contributed by atoms with Crippen LogP contribution in [0.4, 0.5) is 0 Å². The Bertz CT molecular complexity index is 242. The zero-order valence-corrected chi connectivity index (χ0v) is 19.0. The topological polar surface area (TPSA) is 36.9 Å². The third-order valence-electron chi connectivity index (χ3n) is 4.71. The highest BCUT2D eigenvalue weighted by atomic mass is 16.7. The molecule has 0 unspecified atom stereocenters. The lowest BCUT2D eigenvalue weighted by molar-refractivity contribution is -0.253. The number of ether oxygens (including phenoxy) is 4. The molecule has 0 atom stereocenters. The van der Waals surface area contributed by atoms with Crippen molar-refractivity contribution in [1.29, 1.82) is 0 Å². The molecule has 0 aromatic carbocycles. The Hall–Kier alpha value is -0.160. The number of hydrogen-bond acceptors (Lipinski definition) is 4. The average molecular weight is 389 g/mol. The summed E-state index contributed by atoms with van der Waals surface area (Å²) in [7, 11) is 0. The van der Waals surface area contributed by atoms with Crippen molar-refractivity contribution in [2.45, 2.75) is 118 Å². The van der Waals surface area contributed by atoms with E-state index in [1.807, 2.05) is 0 Å². The molecule has 0 amide bonds. The van der Waals surface area contributed by atoms with Gasteiger partial charge in [-0.25, -0.2) is 0 Å². The van der Waals surface area contributed by atoms with Crippen LogP contribution in [0.2, 0.25) is 0 Å². The molecule has 0 saturated carbocycles. The van der Waals surface area contributed by atoms with Crippen molar-refractivity contribution in [2.24, 2.45) is 5.92 Å². The van der Waals surface area contributed by atoms with Gasteiger partial charge in [-0.2, -0.15) is 0 Å². The highest BCUT2D eigenvalue weighted by Gasteiger charge is 2.32. The van der Waals surface area contributed by atoms with E-state index in [0.717, 1.165) is 97.1 Å². The van der Waals surface area contributed by atoms with E-state index in [4.69, 9.17) is 18.9 Å². The fraction of sp³-hybridized carbons (Fsp3) is 1.00. The summed E-state index contributed by atoms with van der Waals surface area (Å²) >= 11 is 0. The van der Waals surface area contributed by atoms with Crippen LogP contribution < -0.4 is 0 Å². The van der Waals surface area contributed by atoms with Gasteiger partial charge in [0.1, 0.15) is 0 Å². The maximum absolute atomic E-state index is 6.20. The van der Waals surface area contributed by atoms with Gasteiger partial charge in [0.2, 0.25) is 0 Å². The molecular weight excluding hydrogens is 340 g/mol. The normalized spacial score (nSPS) is 12.0. The Morgan fingerprint density at radius 1 is 0.444 bits per heavy atom. The summed E-state index contributed by atoms with van der Waals surface area (Å²) < 4.78 is 24.8. The Kier molecular flexibility index (Phi) is 20.4. The van der Waals surface area contributed by atoms with Crippen molar-refractivity contribution in [3.63, 3.8) is 0 Å². The van der Waals surface area contributed by atoms with Crippen molar-refractivity contribution < 1.29 is 18.9 Å². The molecule has 0 aliphatic carbocycles. The number of unbranched alkanes of at least 4 members (excludes halogenated alkanes) is 5. The van der Waals surface area contributed by atoms with E-state index in [1.54, 1.807) is 0 Å². The predicted molar refractivity (Wildman–Crippen MR) is 114 cm³/mol. The van der Waals surface area contributed by atoms with Crippen molar-refractivity contribution in [3.05, 3.63) is 0 Å². The van der Waals surface area contributed by atoms with Crippen molar-refractivity contribution >= 4 is 0 Å². The van der Waals surface area contributed by atoms with E-state index in [0.29, 0.717) is 0 Å². The van der Waals surface area contributed by atoms with Gasteiger partial charge in [0, 0.05) is 26.4 Å². The van der Waals surface area contributed by atoms with Crippen LogP contribution >= 0.6 is 0 Å². The summed E-state index contributed by atoms with van der Waals surface area (Å²) in [5, 5.41) is 0. The molecule has 4 heteroatoms. The Morgan fingerprint density at radius 3 is 1.00 bits per heavy atom. The molecule has 0 bridgehead atoms. The van der Waals surface area contributed by atoms with Crippen LogP contribution in [-0.2, 0) is 18.9 Å². The molecule has 0 aliphatic heterocycles. The molecule has 0 saturated heterocycles. The first-order chi connectivity index (χ1) is 13.2. The van der Waals surface area contributed by atoms with Gasteiger partial charge < -0.3 is 18.9 Å². The Balaban J connectivity index is 5.10. The van der Waals surface area contributed by atoms with Crippen LogP contribution in [-0.4, -0.2) is 39.0 Å². The second-order valence-electron chi connectivity index (χ2n) is 7.44. The molecule has 0 aromatic heterocycles. The fourth-order valence-electron chi connectivity index (χ4n) is 2.81. The average Bonchev–Trinajstić information content (AvgIpc) is 2.67. The number of rotatable bonds is 21. The summed E-state index contributed by atoms with van der Waals surface area (Å²) in [6, 6.07) is 0. The van der Waals surface area contributed by atoms with Crippen LogP contribution in [0.25, 0.3) is 0 Å². The Morgan fingerprint density at radius 2 is 0.741 bits per heavy atom. The summed E-state index contributed by atoms with van der Waals surface area (Å²) in [5.74, 6) is 0.132. The minimum absolute atomic E-state index is 0.132. The molecule has 0 aliphatic rings. The van der Waals surface area contributed by atoms with Gasteiger partial charge in [-0.1, -0.05) is 73.1 Å². The highest BCUT2D eigenvalue weighted by molar-refractivity contribution is 4.69. The molecule has 0 heterocycles. The van der Waals surface area contributed by atoms with Crippen LogP contribution in [0, 0.1) is 5.92 Å². The first kappa shape index (κ1) is 26.8. The molecular formula is C23H48O4. The monoisotopic (exact) mass is 388 g/mol. The fourth-order valence-corrected chi connectivity index (χ4v) is 2.81. The van der Waals surface area contributed by atoms with Gasteiger partial charge in [0.25, 0.3) is 0 Å². The molecule has 27 heavy (non-hydrogen) atoms. The maximum atomic E-state index is 6.20. The van der Waals surface area contributed by atoms with Gasteiger partial charge in [-0.05, 0) is 32.1 Å². The van der Waals surface area contributed by atoms with Crippen molar-refractivity contribution in [1.82, 2.24) is 0 Å². The molecule has 0 fully saturated rings. The zero-order chi connectivity index (χ0) is 20.2. The first-order valence-electron chi connectivity index (χ1n) is 11.7. The summed E-state index contributed by atoms with van der Waals surface area (Å²) in [5.41, 5.74) is 0. The minimum Gasteiger partial charge on any atom is -0.352 e. The van der Waals surface area contributed by atoms with E-state index in [2.05, 4.69) is 34.6 Å². The van der Waals surface area contributed by atoms with Gasteiger partial charge in [-0.15, -0.1) is 0 Å². The quantitative estimate of drug-likeness (QED) is 0.162. The smallest absolute Gasteiger partial charge is 0.165 e. The molecule has 0 spiro atoms. The second kappa shape index (κ2) is 20.6. The molecule has 0 aromatic rings. The SMILES string of the molecule is CCCCOC(OCCCC)C(CCCC)C(OCCCC)OCCCC. The minimum atomic E-state index is -0.233. The van der Waals surface area contributed by atoms with Gasteiger partial charge >= 0.3 is 0 Å². The highest BCUT2D eigenvalue weighted by Crippen LogP contribution is 2.25.